The van der Waals surface area contributed by atoms with E-state index in [0.29, 0.717) is 19.4 Å². The first kappa shape index (κ1) is 14.5. The van der Waals surface area contributed by atoms with Gasteiger partial charge in [-0.05, 0) is 25.3 Å². The molecule has 0 bridgehead atoms. The number of terminal acetylenes is 1. The minimum absolute atomic E-state index is 0.265. The number of rotatable bonds is 7. The number of benzene rings is 1. The van der Waals surface area contributed by atoms with Crippen LogP contribution in [0, 0.1) is 12.3 Å². The molecule has 2 unspecified atom stereocenters. The molecule has 0 aliphatic carbocycles. The van der Waals surface area contributed by atoms with Crippen LogP contribution < -0.4 is 0 Å². The summed E-state index contributed by atoms with van der Waals surface area (Å²) in [5.41, 5.74) is 1.85. The maximum Gasteiger partial charge on any atom is 0.118 e. The smallest absolute Gasteiger partial charge is 0.118 e. The molecule has 0 saturated heterocycles. The minimum atomic E-state index is -0.499. The fourth-order valence-electron chi connectivity index (χ4n) is 1.54. The highest BCUT2D eigenvalue weighted by atomic mass is 16.5. The number of aliphatic hydroxyl groups excluding tert-OH is 1. The quantitative estimate of drug-likeness (QED) is 0.590. The summed E-state index contributed by atoms with van der Waals surface area (Å²) in [4.78, 5) is 0. The van der Waals surface area contributed by atoms with E-state index in [1.807, 2.05) is 30.3 Å². The van der Waals surface area contributed by atoms with Gasteiger partial charge in [-0.3, -0.25) is 0 Å². The standard InChI is InChI=1S/C16H20O2/c1-4-15(10-11-16(17)13(2)3)18-12-14-8-6-5-7-9-14/h1,5-9,15-17H,2,10-12H2,3H3. The molecule has 2 heteroatoms. The summed E-state index contributed by atoms with van der Waals surface area (Å²) in [5.74, 6) is 2.60. The zero-order valence-electron chi connectivity index (χ0n) is 10.8. The van der Waals surface area contributed by atoms with Crippen LogP contribution in [0.2, 0.25) is 0 Å². The molecule has 18 heavy (non-hydrogen) atoms. The summed E-state index contributed by atoms with van der Waals surface area (Å²) in [6.07, 6.45) is 5.88. The molecule has 2 nitrogen and oxygen atoms in total. The van der Waals surface area contributed by atoms with E-state index in [9.17, 15) is 5.11 Å². The van der Waals surface area contributed by atoms with Gasteiger partial charge in [-0.15, -0.1) is 6.42 Å². The Balaban J connectivity index is 2.35. The van der Waals surface area contributed by atoms with Crippen LogP contribution in [0.3, 0.4) is 0 Å². The Morgan fingerprint density at radius 2 is 2.06 bits per heavy atom. The van der Waals surface area contributed by atoms with Crippen molar-refractivity contribution in [3.8, 4) is 12.3 Å². The lowest BCUT2D eigenvalue weighted by atomic mass is 10.1. The highest BCUT2D eigenvalue weighted by Gasteiger charge is 2.10. The molecule has 0 heterocycles. The molecule has 1 aromatic carbocycles. The molecular weight excluding hydrogens is 224 g/mol. The van der Waals surface area contributed by atoms with Crippen molar-refractivity contribution in [2.75, 3.05) is 0 Å². The lowest BCUT2D eigenvalue weighted by molar-refractivity contribution is 0.0623. The van der Waals surface area contributed by atoms with Gasteiger partial charge in [-0.1, -0.05) is 48.4 Å². The van der Waals surface area contributed by atoms with E-state index in [1.165, 1.54) is 0 Å². The Hall–Kier alpha value is -1.56. The number of hydrogen-bond donors (Lipinski definition) is 1. The zero-order chi connectivity index (χ0) is 13.4. The first-order valence-corrected chi connectivity index (χ1v) is 6.08. The zero-order valence-corrected chi connectivity index (χ0v) is 10.8. The molecule has 1 aromatic rings. The molecule has 0 aliphatic heterocycles. The van der Waals surface area contributed by atoms with Crippen molar-refractivity contribution in [1.29, 1.82) is 0 Å². The van der Waals surface area contributed by atoms with Crippen LogP contribution in [-0.4, -0.2) is 17.3 Å². The molecule has 0 aromatic heterocycles. The van der Waals surface area contributed by atoms with E-state index < -0.39 is 6.10 Å². The molecule has 0 fully saturated rings. The second-order valence-electron chi connectivity index (χ2n) is 4.39. The largest absolute Gasteiger partial charge is 0.389 e. The topological polar surface area (TPSA) is 29.5 Å². The van der Waals surface area contributed by atoms with Crippen molar-refractivity contribution in [2.45, 2.75) is 38.6 Å². The fourth-order valence-corrected chi connectivity index (χ4v) is 1.54. The van der Waals surface area contributed by atoms with Gasteiger partial charge in [-0.2, -0.15) is 0 Å². The van der Waals surface area contributed by atoms with Crippen molar-refractivity contribution >= 4 is 0 Å². The second kappa shape index (κ2) is 7.71. The lowest BCUT2D eigenvalue weighted by Gasteiger charge is -2.15. The summed E-state index contributed by atoms with van der Waals surface area (Å²) in [6.45, 7) is 6.01. The Kier molecular flexibility index (Phi) is 6.21. The van der Waals surface area contributed by atoms with Crippen LogP contribution in [0.5, 0.6) is 0 Å². The van der Waals surface area contributed by atoms with Crippen molar-refractivity contribution in [3.05, 3.63) is 48.0 Å². The summed E-state index contributed by atoms with van der Waals surface area (Å²) in [7, 11) is 0. The number of hydrogen-bond acceptors (Lipinski definition) is 2. The van der Waals surface area contributed by atoms with Gasteiger partial charge in [0.1, 0.15) is 6.10 Å². The molecule has 0 spiro atoms. The van der Waals surface area contributed by atoms with Crippen molar-refractivity contribution in [1.82, 2.24) is 0 Å². The van der Waals surface area contributed by atoms with Gasteiger partial charge in [-0.25, -0.2) is 0 Å². The molecule has 96 valence electrons. The van der Waals surface area contributed by atoms with Gasteiger partial charge in [0, 0.05) is 0 Å². The van der Waals surface area contributed by atoms with E-state index in [0.717, 1.165) is 11.1 Å². The monoisotopic (exact) mass is 244 g/mol. The lowest BCUT2D eigenvalue weighted by Crippen LogP contribution is -2.15. The van der Waals surface area contributed by atoms with Gasteiger partial charge < -0.3 is 9.84 Å². The van der Waals surface area contributed by atoms with Crippen LogP contribution in [0.1, 0.15) is 25.3 Å². The Morgan fingerprint density at radius 3 is 2.61 bits per heavy atom. The summed E-state index contributed by atoms with van der Waals surface area (Å²) in [6, 6.07) is 9.89. The van der Waals surface area contributed by atoms with Crippen LogP contribution in [0.25, 0.3) is 0 Å². The van der Waals surface area contributed by atoms with Crippen molar-refractivity contribution < 1.29 is 9.84 Å². The molecule has 2 atom stereocenters. The third-order valence-corrected chi connectivity index (χ3v) is 2.75. The Morgan fingerprint density at radius 1 is 1.39 bits per heavy atom. The minimum Gasteiger partial charge on any atom is -0.389 e. The number of ether oxygens (including phenoxy) is 1. The summed E-state index contributed by atoms with van der Waals surface area (Å²) >= 11 is 0. The molecular formula is C16H20O2. The maximum absolute atomic E-state index is 9.63. The van der Waals surface area contributed by atoms with E-state index in [4.69, 9.17) is 11.2 Å². The van der Waals surface area contributed by atoms with Crippen LogP contribution in [0.4, 0.5) is 0 Å². The molecule has 0 amide bonds. The highest BCUT2D eigenvalue weighted by molar-refractivity contribution is 5.13. The van der Waals surface area contributed by atoms with Crippen molar-refractivity contribution in [3.63, 3.8) is 0 Å². The molecule has 0 saturated carbocycles. The van der Waals surface area contributed by atoms with Gasteiger partial charge in [0.15, 0.2) is 0 Å². The molecule has 0 radical (unpaired) electrons. The van der Waals surface area contributed by atoms with Crippen LogP contribution in [0.15, 0.2) is 42.5 Å². The van der Waals surface area contributed by atoms with Crippen LogP contribution in [-0.2, 0) is 11.3 Å². The van der Waals surface area contributed by atoms with E-state index in [-0.39, 0.29) is 6.10 Å². The third-order valence-electron chi connectivity index (χ3n) is 2.75. The van der Waals surface area contributed by atoms with Gasteiger partial charge in [0.25, 0.3) is 0 Å². The van der Waals surface area contributed by atoms with E-state index in [1.54, 1.807) is 6.92 Å². The second-order valence-corrected chi connectivity index (χ2v) is 4.39. The Labute approximate surface area is 109 Å². The molecule has 0 aliphatic rings. The van der Waals surface area contributed by atoms with E-state index in [2.05, 4.69) is 12.5 Å². The summed E-state index contributed by atoms with van der Waals surface area (Å²) < 4.78 is 5.63. The predicted molar refractivity (Wildman–Crippen MR) is 73.9 cm³/mol. The van der Waals surface area contributed by atoms with Gasteiger partial charge in [0.2, 0.25) is 0 Å². The predicted octanol–water partition coefficient (Wildman–Crippen LogP) is 2.92. The average Bonchev–Trinajstić information content (AvgIpc) is 2.39. The van der Waals surface area contributed by atoms with Gasteiger partial charge in [0.05, 0.1) is 12.7 Å². The fraction of sp³-hybridized carbons (Fsp3) is 0.375. The van der Waals surface area contributed by atoms with Crippen molar-refractivity contribution in [2.24, 2.45) is 0 Å². The molecule has 1 N–H and O–H groups in total. The average molecular weight is 244 g/mol. The normalized spacial score (nSPS) is 13.6. The van der Waals surface area contributed by atoms with Crippen LogP contribution >= 0.6 is 0 Å². The maximum atomic E-state index is 9.63. The third kappa shape index (κ3) is 5.18. The first-order chi connectivity index (χ1) is 8.63. The highest BCUT2D eigenvalue weighted by Crippen LogP contribution is 2.11. The summed E-state index contributed by atoms with van der Waals surface area (Å²) in [5, 5.41) is 9.63. The molecule has 1 rings (SSSR count). The van der Waals surface area contributed by atoms with E-state index >= 15 is 0 Å². The van der Waals surface area contributed by atoms with Gasteiger partial charge >= 0.3 is 0 Å². The first-order valence-electron chi connectivity index (χ1n) is 6.08. The SMILES string of the molecule is C#CC(CCC(O)C(=C)C)OCc1ccccc1. The Bertz CT molecular complexity index is 403. The number of aliphatic hydroxyl groups is 1.